The molecule has 0 aliphatic carbocycles. The van der Waals surface area contributed by atoms with Gasteiger partial charge in [-0.05, 0) is 37.1 Å². The van der Waals surface area contributed by atoms with Crippen LogP contribution in [0.3, 0.4) is 0 Å². The first-order chi connectivity index (χ1) is 11.0. The maximum atomic E-state index is 11.0. The predicted octanol–water partition coefficient (Wildman–Crippen LogP) is 1.65. The van der Waals surface area contributed by atoms with Crippen molar-refractivity contribution >= 4 is 10.1 Å². The zero-order valence-corrected chi connectivity index (χ0v) is 14.4. The maximum absolute atomic E-state index is 11.0. The van der Waals surface area contributed by atoms with Gasteiger partial charge in [-0.3, -0.25) is 9.08 Å². The van der Waals surface area contributed by atoms with E-state index in [0.29, 0.717) is 6.61 Å². The Morgan fingerprint density at radius 1 is 1.22 bits per heavy atom. The average Bonchev–Trinajstić information content (AvgIpc) is 2.53. The summed E-state index contributed by atoms with van der Waals surface area (Å²) in [6.07, 6.45) is 3.13. The molecule has 2 rings (SSSR count). The lowest BCUT2D eigenvalue weighted by Crippen LogP contribution is -2.36. The highest BCUT2D eigenvalue weighted by molar-refractivity contribution is 7.85. The van der Waals surface area contributed by atoms with Gasteiger partial charge in [-0.15, -0.1) is 0 Å². The van der Waals surface area contributed by atoms with Gasteiger partial charge in [0.25, 0.3) is 10.1 Å². The van der Waals surface area contributed by atoms with Gasteiger partial charge in [-0.25, -0.2) is 0 Å². The van der Waals surface area contributed by atoms with Gasteiger partial charge in [0, 0.05) is 13.1 Å². The number of rotatable bonds is 9. The Morgan fingerprint density at radius 2 is 2.00 bits per heavy atom. The Labute approximate surface area is 138 Å². The second kappa shape index (κ2) is 9.22. The van der Waals surface area contributed by atoms with Crippen LogP contribution in [0.4, 0.5) is 0 Å². The summed E-state index contributed by atoms with van der Waals surface area (Å²) < 4.78 is 37.8. The fourth-order valence-corrected chi connectivity index (χ4v) is 2.70. The molecule has 1 aromatic carbocycles. The molecule has 0 amide bonds. The Bertz CT molecular complexity index is 570. The van der Waals surface area contributed by atoms with Crippen LogP contribution < -0.4 is 4.74 Å². The Hall–Kier alpha value is -1.15. The van der Waals surface area contributed by atoms with Gasteiger partial charge in [-0.1, -0.05) is 12.1 Å². The standard InChI is InChI=1S/C16H25NO5S/c1-23(18,19)22-14-15-5-4-6-16(13-15)21-10-3-2-7-17-8-11-20-12-9-17/h4-6,13H,2-3,7-12,14H2,1H3. The van der Waals surface area contributed by atoms with Gasteiger partial charge in [0.1, 0.15) is 5.75 Å². The molecule has 1 aromatic rings. The first-order valence-corrected chi connectivity index (χ1v) is 9.71. The van der Waals surface area contributed by atoms with Gasteiger partial charge in [-0.2, -0.15) is 8.42 Å². The van der Waals surface area contributed by atoms with Crippen molar-refractivity contribution in [3.8, 4) is 5.75 Å². The van der Waals surface area contributed by atoms with Crippen LogP contribution in [0.5, 0.6) is 5.75 Å². The molecule has 0 bridgehead atoms. The lowest BCUT2D eigenvalue weighted by Gasteiger charge is -2.26. The second-order valence-electron chi connectivity index (χ2n) is 5.62. The molecule has 130 valence electrons. The van der Waals surface area contributed by atoms with E-state index in [-0.39, 0.29) is 6.61 Å². The monoisotopic (exact) mass is 343 g/mol. The third-order valence-electron chi connectivity index (χ3n) is 3.58. The zero-order chi connectivity index (χ0) is 16.5. The number of hydrogen-bond acceptors (Lipinski definition) is 6. The third kappa shape index (κ3) is 7.78. The van der Waals surface area contributed by atoms with Crippen molar-refractivity contribution in [2.75, 3.05) is 45.7 Å². The molecule has 23 heavy (non-hydrogen) atoms. The lowest BCUT2D eigenvalue weighted by molar-refractivity contribution is 0.0368. The van der Waals surface area contributed by atoms with E-state index in [1.54, 1.807) is 0 Å². The highest BCUT2D eigenvalue weighted by Gasteiger charge is 2.09. The molecule has 1 saturated heterocycles. The van der Waals surface area contributed by atoms with Crippen molar-refractivity contribution in [3.05, 3.63) is 29.8 Å². The summed E-state index contributed by atoms with van der Waals surface area (Å²) >= 11 is 0. The number of morpholine rings is 1. The van der Waals surface area contributed by atoms with Crippen LogP contribution >= 0.6 is 0 Å². The van der Waals surface area contributed by atoms with Crippen LogP contribution in [-0.2, 0) is 25.6 Å². The molecule has 0 saturated carbocycles. The average molecular weight is 343 g/mol. The molecule has 0 unspecified atom stereocenters. The molecule has 1 aliphatic heterocycles. The van der Waals surface area contributed by atoms with Crippen molar-refractivity contribution in [2.24, 2.45) is 0 Å². The van der Waals surface area contributed by atoms with Gasteiger partial charge >= 0.3 is 0 Å². The molecule has 0 spiro atoms. The molecule has 0 aromatic heterocycles. The molecule has 7 heteroatoms. The molecule has 1 heterocycles. The molecular formula is C16H25NO5S. The predicted molar refractivity (Wildman–Crippen MR) is 88.1 cm³/mol. The van der Waals surface area contributed by atoms with E-state index in [1.807, 2.05) is 24.3 Å². The van der Waals surface area contributed by atoms with E-state index in [9.17, 15) is 8.42 Å². The van der Waals surface area contributed by atoms with Crippen LogP contribution in [0.25, 0.3) is 0 Å². The van der Waals surface area contributed by atoms with Gasteiger partial charge in [0.2, 0.25) is 0 Å². The summed E-state index contributed by atoms with van der Waals surface area (Å²) in [5.74, 6) is 0.742. The van der Waals surface area contributed by atoms with Gasteiger partial charge in [0.15, 0.2) is 0 Å². The third-order valence-corrected chi connectivity index (χ3v) is 4.13. The minimum Gasteiger partial charge on any atom is -0.494 e. The highest BCUT2D eigenvalue weighted by Crippen LogP contribution is 2.15. The van der Waals surface area contributed by atoms with Crippen LogP contribution in [-0.4, -0.2) is 59.0 Å². The molecule has 6 nitrogen and oxygen atoms in total. The van der Waals surface area contributed by atoms with Crippen molar-refractivity contribution in [1.82, 2.24) is 4.90 Å². The van der Waals surface area contributed by atoms with E-state index < -0.39 is 10.1 Å². The molecular weight excluding hydrogens is 318 g/mol. The Balaban J connectivity index is 1.65. The fraction of sp³-hybridized carbons (Fsp3) is 0.625. The topological polar surface area (TPSA) is 65.1 Å². The maximum Gasteiger partial charge on any atom is 0.264 e. The summed E-state index contributed by atoms with van der Waals surface area (Å²) in [7, 11) is -3.42. The molecule has 0 N–H and O–H groups in total. The normalized spacial score (nSPS) is 16.4. The number of nitrogens with zero attached hydrogens (tertiary/aromatic N) is 1. The van der Waals surface area contributed by atoms with E-state index >= 15 is 0 Å². The summed E-state index contributed by atoms with van der Waals surface area (Å²) in [4.78, 5) is 2.41. The first kappa shape index (κ1) is 18.2. The quantitative estimate of drug-likeness (QED) is 0.502. The zero-order valence-electron chi connectivity index (χ0n) is 13.6. The first-order valence-electron chi connectivity index (χ1n) is 7.89. The number of benzene rings is 1. The molecule has 0 atom stereocenters. The van der Waals surface area contributed by atoms with Crippen molar-refractivity contribution < 1.29 is 22.1 Å². The van der Waals surface area contributed by atoms with E-state index in [4.69, 9.17) is 13.7 Å². The number of ether oxygens (including phenoxy) is 2. The molecule has 1 aliphatic rings. The van der Waals surface area contributed by atoms with Crippen LogP contribution in [0.2, 0.25) is 0 Å². The molecule has 0 radical (unpaired) electrons. The van der Waals surface area contributed by atoms with Crippen molar-refractivity contribution in [1.29, 1.82) is 0 Å². The summed E-state index contributed by atoms with van der Waals surface area (Å²) in [5, 5.41) is 0. The van der Waals surface area contributed by atoms with Crippen molar-refractivity contribution in [2.45, 2.75) is 19.4 Å². The van der Waals surface area contributed by atoms with E-state index in [2.05, 4.69) is 4.90 Å². The lowest BCUT2D eigenvalue weighted by atomic mass is 10.2. The molecule has 1 fully saturated rings. The van der Waals surface area contributed by atoms with Crippen LogP contribution in [0, 0.1) is 0 Å². The number of hydrogen-bond donors (Lipinski definition) is 0. The summed E-state index contributed by atoms with van der Waals surface area (Å²) in [6, 6.07) is 7.33. The van der Waals surface area contributed by atoms with Crippen molar-refractivity contribution in [3.63, 3.8) is 0 Å². The summed E-state index contributed by atoms with van der Waals surface area (Å²) in [6.45, 7) is 5.47. The minimum absolute atomic E-state index is 0.0348. The van der Waals surface area contributed by atoms with Crippen LogP contribution in [0.1, 0.15) is 18.4 Å². The van der Waals surface area contributed by atoms with Crippen LogP contribution in [0.15, 0.2) is 24.3 Å². The second-order valence-corrected chi connectivity index (χ2v) is 7.27. The van der Waals surface area contributed by atoms with Gasteiger partial charge in [0.05, 0.1) is 32.7 Å². The smallest absolute Gasteiger partial charge is 0.264 e. The number of unbranched alkanes of at least 4 members (excludes halogenated alkanes) is 1. The van der Waals surface area contributed by atoms with Gasteiger partial charge < -0.3 is 9.47 Å². The van der Waals surface area contributed by atoms with E-state index in [0.717, 1.165) is 63.3 Å². The fourth-order valence-electron chi connectivity index (χ4n) is 2.35. The summed E-state index contributed by atoms with van der Waals surface area (Å²) in [5.41, 5.74) is 0.779. The van der Waals surface area contributed by atoms with E-state index in [1.165, 1.54) is 0 Å². The highest BCUT2D eigenvalue weighted by atomic mass is 32.2. The minimum atomic E-state index is -3.42. The Kier molecular flexibility index (Phi) is 7.29. The SMILES string of the molecule is CS(=O)(=O)OCc1cccc(OCCCCN2CCOCC2)c1. The largest absolute Gasteiger partial charge is 0.494 e. The Morgan fingerprint density at radius 3 is 2.74 bits per heavy atom.